The van der Waals surface area contributed by atoms with Gasteiger partial charge in [0, 0.05) is 47.8 Å². The van der Waals surface area contributed by atoms with E-state index in [0.717, 1.165) is 63.8 Å². The number of ether oxygens (including phenoxy) is 2. The van der Waals surface area contributed by atoms with Crippen molar-refractivity contribution in [1.82, 2.24) is 30.1 Å². The standard InChI is InChI=1S/C11H13ClN4O2.C11H14N4O3.Cl2OS/c12-5-9-14-11(17)8-6-13-10(16(8)15-9)7-1-3-18-4-2-7;16-6-9-13-11(17)8-5-12-10(15(8)14-9)7-1-3-18-4-2-7;1-4(2)3/h6-7H,1-5H2,(H,14,15,17);5,7,16H,1-4,6H2,(H,13,14,17);/p+2. The van der Waals surface area contributed by atoms with Crippen molar-refractivity contribution in [3.05, 3.63) is 56.4 Å². The van der Waals surface area contributed by atoms with Gasteiger partial charge in [-0.25, -0.2) is 14.2 Å². The normalized spacial score (nSPS) is 16.5. The molecule has 0 atom stereocenters. The van der Waals surface area contributed by atoms with Crippen LogP contribution in [0.2, 0.25) is 0 Å². The molecule has 5 N–H and O–H groups in total. The molecule has 2 aliphatic heterocycles. The van der Waals surface area contributed by atoms with Crippen LogP contribution in [-0.4, -0.2) is 65.9 Å². The highest BCUT2D eigenvalue weighted by Crippen LogP contribution is 2.23. The monoisotopic (exact) mass is 638 g/mol. The molecule has 0 aromatic carbocycles. The van der Waals surface area contributed by atoms with Crippen molar-refractivity contribution >= 4 is 53.2 Å². The number of aromatic nitrogens is 8. The number of aliphatic hydroxyl groups is 1. The van der Waals surface area contributed by atoms with Gasteiger partial charge in [-0.15, -0.1) is 11.6 Å². The Bertz CT molecular complexity index is 1450. The van der Waals surface area contributed by atoms with Gasteiger partial charge in [0.15, 0.2) is 11.6 Å². The van der Waals surface area contributed by atoms with E-state index in [1.807, 2.05) is 0 Å². The Morgan fingerprint density at radius 1 is 0.850 bits per heavy atom. The number of halogens is 3. The SMILES string of the molecule is O=S(Cl)Cl.O=c1[nH]c(CCl)n[n+]2c(C3CCOCC3)[nH]cc12.O=c1[nH]c(CO)n[n+]2c(C3CCOCC3)[nH]cc12. The van der Waals surface area contributed by atoms with Crippen LogP contribution in [0.1, 0.15) is 60.8 Å². The van der Waals surface area contributed by atoms with Crippen LogP contribution in [0, 0.1) is 0 Å². The van der Waals surface area contributed by atoms with Gasteiger partial charge in [-0.2, -0.15) is 0 Å². The summed E-state index contributed by atoms with van der Waals surface area (Å²) in [5, 5.41) is 17.7. The van der Waals surface area contributed by atoms with Gasteiger partial charge in [0.1, 0.15) is 19.0 Å². The van der Waals surface area contributed by atoms with Gasteiger partial charge in [0.25, 0.3) is 22.7 Å². The first kappa shape index (κ1) is 30.6. The van der Waals surface area contributed by atoms with Crippen molar-refractivity contribution in [3.8, 4) is 0 Å². The third-order valence-electron chi connectivity index (χ3n) is 6.54. The number of imidazole rings is 2. The molecule has 40 heavy (non-hydrogen) atoms. The van der Waals surface area contributed by atoms with E-state index in [1.165, 1.54) is 0 Å². The van der Waals surface area contributed by atoms with E-state index < -0.39 is 9.23 Å². The highest BCUT2D eigenvalue weighted by molar-refractivity contribution is 8.26. The third-order valence-corrected chi connectivity index (χ3v) is 6.79. The first-order valence-corrected chi connectivity index (χ1v) is 15.8. The van der Waals surface area contributed by atoms with Crippen LogP contribution in [0.25, 0.3) is 11.0 Å². The van der Waals surface area contributed by atoms with Gasteiger partial charge < -0.3 is 24.5 Å². The maximum atomic E-state index is 11.8. The molecule has 4 aromatic rings. The summed E-state index contributed by atoms with van der Waals surface area (Å²) < 4.78 is 23.0. The van der Waals surface area contributed by atoms with Crippen molar-refractivity contribution in [2.24, 2.45) is 0 Å². The lowest BCUT2D eigenvalue weighted by molar-refractivity contribution is -0.593. The van der Waals surface area contributed by atoms with Crippen LogP contribution in [0.4, 0.5) is 0 Å². The third kappa shape index (κ3) is 7.46. The molecule has 0 amide bonds. The van der Waals surface area contributed by atoms with Crippen LogP contribution in [-0.2, 0) is 31.2 Å². The molecule has 0 saturated carbocycles. The number of fused-ring (bicyclic) bond motifs is 2. The number of nitrogens with zero attached hydrogens (tertiary/aromatic N) is 4. The second-order valence-corrected chi connectivity index (χ2v) is 11.8. The number of rotatable bonds is 4. The molecule has 2 fully saturated rings. The zero-order valence-corrected chi connectivity index (χ0v) is 24.3. The summed E-state index contributed by atoms with van der Waals surface area (Å²) in [6.07, 6.45) is 7.03. The second kappa shape index (κ2) is 14.5. The number of H-pyrrole nitrogens is 4. The molecule has 4 aromatic heterocycles. The summed E-state index contributed by atoms with van der Waals surface area (Å²) >= 11 is 5.73. The number of hydrogen-bond acceptors (Lipinski definition) is 8. The minimum absolute atomic E-state index is 0.171. The summed E-state index contributed by atoms with van der Waals surface area (Å²) in [5.74, 6) is 3.44. The predicted molar refractivity (Wildman–Crippen MR) is 146 cm³/mol. The van der Waals surface area contributed by atoms with Crippen LogP contribution in [0.15, 0.2) is 22.0 Å². The fourth-order valence-electron chi connectivity index (χ4n) is 4.66. The topological polar surface area (TPSA) is 187 Å². The highest BCUT2D eigenvalue weighted by Gasteiger charge is 2.29. The lowest BCUT2D eigenvalue weighted by atomic mass is 10.00. The van der Waals surface area contributed by atoms with Crippen LogP contribution < -0.4 is 20.1 Å². The van der Waals surface area contributed by atoms with E-state index >= 15 is 0 Å². The minimum atomic E-state index is -1.67. The summed E-state index contributed by atoms with van der Waals surface area (Å²) in [7, 11) is 7.36. The van der Waals surface area contributed by atoms with Crippen molar-refractivity contribution in [1.29, 1.82) is 0 Å². The van der Waals surface area contributed by atoms with E-state index in [0.29, 0.717) is 28.7 Å². The summed E-state index contributed by atoms with van der Waals surface area (Å²) in [5.41, 5.74) is 0.567. The Morgan fingerprint density at radius 2 is 1.25 bits per heavy atom. The van der Waals surface area contributed by atoms with Gasteiger partial charge in [0.2, 0.25) is 9.23 Å². The van der Waals surface area contributed by atoms with E-state index in [2.05, 4.69) is 51.5 Å². The summed E-state index contributed by atoms with van der Waals surface area (Å²) in [6.45, 7) is 2.66. The van der Waals surface area contributed by atoms with Gasteiger partial charge in [-0.05, 0) is 25.7 Å². The fraction of sp³-hybridized carbons (Fsp3) is 0.545. The van der Waals surface area contributed by atoms with Gasteiger partial charge in [0.05, 0.1) is 17.7 Å². The van der Waals surface area contributed by atoms with E-state index in [1.54, 1.807) is 21.4 Å². The largest absolute Gasteiger partial charge is 0.388 e. The molecule has 6 rings (SSSR count). The molecule has 14 nitrogen and oxygen atoms in total. The smallest absolute Gasteiger partial charge is 0.302 e. The lowest BCUT2D eigenvalue weighted by Crippen LogP contribution is -2.39. The molecule has 2 saturated heterocycles. The van der Waals surface area contributed by atoms with Gasteiger partial charge in [-0.3, -0.25) is 9.59 Å². The quantitative estimate of drug-likeness (QED) is 0.123. The van der Waals surface area contributed by atoms with Crippen molar-refractivity contribution in [2.45, 2.75) is 50.0 Å². The Hall–Kier alpha value is -2.40. The van der Waals surface area contributed by atoms with Crippen LogP contribution in [0.3, 0.4) is 0 Å². The molecule has 2 aliphatic rings. The lowest BCUT2D eigenvalue weighted by Gasteiger charge is -2.17. The van der Waals surface area contributed by atoms with Gasteiger partial charge in [-0.1, -0.05) is 19.2 Å². The first-order valence-electron chi connectivity index (χ1n) is 12.4. The fourth-order valence-corrected chi connectivity index (χ4v) is 4.78. The molecular weight excluding hydrogens is 611 g/mol. The van der Waals surface area contributed by atoms with E-state index in [-0.39, 0.29) is 29.4 Å². The molecule has 18 heteroatoms. The van der Waals surface area contributed by atoms with Crippen molar-refractivity contribution < 1.29 is 27.8 Å². The molecular formula is C22H29Cl3N8O6S+2. The van der Waals surface area contributed by atoms with Crippen LogP contribution >= 0.6 is 33.0 Å². The maximum absolute atomic E-state index is 11.8. The minimum Gasteiger partial charge on any atom is -0.388 e. The average Bonchev–Trinajstić information content (AvgIpc) is 3.59. The zero-order chi connectivity index (χ0) is 28.6. The molecule has 0 spiro atoms. The Labute approximate surface area is 243 Å². The zero-order valence-electron chi connectivity index (χ0n) is 21.2. The molecule has 0 radical (unpaired) electrons. The van der Waals surface area contributed by atoms with Crippen LogP contribution in [0.5, 0.6) is 0 Å². The second-order valence-electron chi connectivity index (χ2n) is 8.99. The molecule has 218 valence electrons. The number of aromatic amines is 4. The number of nitrogens with one attached hydrogen (secondary N) is 4. The Morgan fingerprint density at radius 3 is 1.65 bits per heavy atom. The molecule has 6 heterocycles. The maximum Gasteiger partial charge on any atom is 0.302 e. The van der Waals surface area contributed by atoms with E-state index in [9.17, 15) is 9.59 Å². The molecule has 0 aliphatic carbocycles. The Balaban J connectivity index is 0.000000164. The highest BCUT2D eigenvalue weighted by atomic mass is 36.0. The average molecular weight is 640 g/mol. The predicted octanol–water partition coefficient (Wildman–Crippen LogP) is 0.735. The first-order chi connectivity index (χ1) is 19.3. The molecule has 0 unspecified atom stereocenters. The molecule has 0 bridgehead atoms. The summed E-state index contributed by atoms with van der Waals surface area (Å²) in [4.78, 5) is 35.1. The number of aliphatic hydroxyl groups excluding tert-OH is 1. The number of hydrogen-bond donors (Lipinski definition) is 5. The number of alkyl halides is 1. The Kier molecular flexibility index (Phi) is 11.1. The van der Waals surface area contributed by atoms with E-state index in [4.69, 9.17) is 30.4 Å². The van der Waals surface area contributed by atoms with Gasteiger partial charge >= 0.3 is 11.1 Å². The summed E-state index contributed by atoms with van der Waals surface area (Å²) in [6, 6.07) is 0. The van der Waals surface area contributed by atoms with Crippen molar-refractivity contribution in [3.63, 3.8) is 0 Å². The van der Waals surface area contributed by atoms with Crippen molar-refractivity contribution in [2.75, 3.05) is 26.4 Å².